The summed E-state index contributed by atoms with van der Waals surface area (Å²) in [5.41, 5.74) is -2.18. The van der Waals surface area contributed by atoms with E-state index in [4.69, 9.17) is 9.47 Å². The highest BCUT2D eigenvalue weighted by atomic mass is 16.6. The van der Waals surface area contributed by atoms with Crippen LogP contribution in [0.25, 0.3) is 0 Å². The number of aryl methyl sites for hydroxylation is 2. The zero-order valence-corrected chi connectivity index (χ0v) is 26.1. The summed E-state index contributed by atoms with van der Waals surface area (Å²) in [6.45, 7) is 4.83. The minimum atomic E-state index is -1.43. The summed E-state index contributed by atoms with van der Waals surface area (Å²) >= 11 is 0. The number of rotatable bonds is 16. The summed E-state index contributed by atoms with van der Waals surface area (Å²) in [6.07, 6.45) is -0.444. The molecule has 2 heterocycles. The summed E-state index contributed by atoms with van der Waals surface area (Å²) < 4.78 is 10.1. The number of carbonyl (C=O) groups excluding carboxylic acids is 3. The second-order valence-corrected chi connectivity index (χ2v) is 11.3. The fourth-order valence-corrected chi connectivity index (χ4v) is 4.30. The lowest BCUT2D eigenvalue weighted by Gasteiger charge is -2.25. The number of aromatic carboxylic acids is 4. The molecule has 2 aromatic rings. The number of nitrogens with one attached hydrogen (secondary N) is 2. The molecule has 6 N–H and O–H groups in total. The molecule has 0 saturated heterocycles. The van der Waals surface area contributed by atoms with Gasteiger partial charge in [-0.3, -0.25) is 4.79 Å². The number of nitrogens with zero attached hydrogens (tertiary/aromatic N) is 2. The molecule has 2 aromatic heterocycles. The molecule has 0 aromatic carbocycles. The Morgan fingerprint density at radius 3 is 1.40 bits per heavy atom. The third kappa shape index (κ3) is 12.4. The first-order valence-corrected chi connectivity index (χ1v) is 14.2. The van der Waals surface area contributed by atoms with Crippen LogP contribution >= 0.6 is 0 Å². The third-order valence-corrected chi connectivity index (χ3v) is 6.37. The summed E-state index contributed by atoms with van der Waals surface area (Å²) in [4.78, 5) is 91.2. The molecule has 0 aliphatic rings. The van der Waals surface area contributed by atoms with Crippen LogP contribution in [0.5, 0.6) is 0 Å². The van der Waals surface area contributed by atoms with Gasteiger partial charge in [-0.2, -0.15) is 0 Å². The predicted octanol–water partition coefficient (Wildman–Crippen LogP) is 2.17. The van der Waals surface area contributed by atoms with Gasteiger partial charge in [0.2, 0.25) is 5.91 Å². The molecule has 0 spiro atoms. The monoisotopic (exact) mass is 660 g/mol. The highest BCUT2D eigenvalue weighted by molar-refractivity contribution is 5.91. The van der Waals surface area contributed by atoms with Crippen LogP contribution in [0.3, 0.4) is 0 Å². The van der Waals surface area contributed by atoms with E-state index in [-0.39, 0.29) is 38.5 Å². The van der Waals surface area contributed by atoms with Gasteiger partial charge < -0.3 is 40.5 Å². The van der Waals surface area contributed by atoms with Crippen LogP contribution in [0.15, 0.2) is 24.3 Å². The van der Waals surface area contributed by atoms with Crippen molar-refractivity contribution in [3.8, 4) is 0 Å². The van der Waals surface area contributed by atoms with E-state index in [1.165, 1.54) is 24.3 Å². The van der Waals surface area contributed by atoms with Gasteiger partial charge in [0.05, 0.1) is 7.11 Å². The largest absolute Gasteiger partial charge is 0.477 e. The molecule has 0 fully saturated rings. The molecule has 0 bridgehead atoms. The number of hydrogen-bond donors (Lipinski definition) is 6. The zero-order chi connectivity index (χ0) is 35.5. The molecule has 2 amide bonds. The van der Waals surface area contributed by atoms with Gasteiger partial charge in [0.15, 0.2) is 0 Å². The van der Waals surface area contributed by atoms with Gasteiger partial charge in [-0.15, -0.1) is 0 Å². The van der Waals surface area contributed by atoms with Gasteiger partial charge in [0.1, 0.15) is 40.5 Å². The lowest BCUT2D eigenvalue weighted by Crippen LogP contribution is -2.52. The second-order valence-electron chi connectivity index (χ2n) is 11.3. The Hall–Kier alpha value is -5.61. The molecular weight excluding hydrogens is 624 g/mol. The molecule has 17 nitrogen and oxygen atoms in total. The Kier molecular flexibility index (Phi) is 13.3. The maximum atomic E-state index is 13.4. The van der Waals surface area contributed by atoms with E-state index in [1.807, 2.05) is 0 Å². The number of aromatic nitrogens is 2. The van der Waals surface area contributed by atoms with Crippen molar-refractivity contribution in [1.82, 2.24) is 20.6 Å². The summed E-state index contributed by atoms with van der Waals surface area (Å²) in [7, 11) is 1.10. The standard InChI is InChI=1S/C30H36N4O13/c1-30(2,3)47-29(45)34-17(9-5-7-15-11-19(24(36)37)31-20(12-15)25(38)39)23(35)33-18(28(44)46-4)10-6-8-16-13-21(26(40)41)32-22(14-16)27(42)43/h11-14,17-18H,5-10H2,1-4H3,(H,33,35)(H,34,45)(H,36,37)(H,38,39)(H,40,41)(H,42,43)/t17-,18-/m0/s1. The molecular formula is C30H36N4O13. The van der Waals surface area contributed by atoms with E-state index >= 15 is 0 Å². The average Bonchev–Trinajstić information content (AvgIpc) is 2.98. The first kappa shape index (κ1) is 37.6. The van der Waals surface area contributed by atoms with Gasteiger partial charge >= 0.3 is 35.9 Å². The molecule has 0 unspecified atom stereocenters. The van der Waals surface area contributed by atoms with Crippen molar-refractivity contribution in [3.63, 3.8) is 0 Å². The number of carbonyl (C=O) groups is 7. The van der Waals surface area contributed by atoms with E-state index < -0.39 is 82.3 Å². The Morgan fingerprint density at radius 2 is 1.06 bits per heavy atom. The van der Waals surface area contributed by atoms with Gasteiger partial charge in [-0.1, -0.05) is 0 Å². The Balaban J connectivity index is 2.21. The second kappa shape index (κ2) is 16.6. The van der Waals surface area contributed by atoms with Crippen LogP contribution in [-0.4, -0.2) is 97.0 Å². The minimum Gasteiger partial charge on any atom is -0.477 e. The molecule has 0 aliphatic carbocycles. The van der Waals surface area contributed by atoms with Crippen molar-refractivity contribution >= 4 is 41.8 Å². The molecule has 0 aliphatic heterocycles. The van der Waals surface area contributed by atoms with Crippen molar-refractivity contribution in [3.05, 3.63) is 58.2 Å². The van der Waals surface area contributed by atoms with Gasteiger partial charge in [0.25, 0.3) is 0 Å². The first-order valence-electron chi connectivity index (χ1n) is 14.2. The van der Waals surface area contributed by atoms with Crippen molar-refractivity contribution in [2.24, 2.45) is 0 Å². The summed E-state index contributed by atoms with van der Waals surface area (Å²) in [6, 6.07) is 2.31. The molecule has 0 saturated carbocycles. The Labute approximate surface area is 268 Å². The molecule has 2 atom stereocenters. The number of amides is 2. The average molecular weight is 661 g/mol. The highest BCUT2D eigenvalue weighted by Crippen LogP contribution is 2.15. The van der Waals surface area contributed by atoms with Gasteiger partial charge in [-0.05, 0) is 94.7 Å². The summed E-state index contributed by atoms with van der Waals surface area (Å²) in [5, 5.41) is 42.0. The zero-order valence-electron chi connectivity index (χ0n) is 26.1. The number of ether oxygens (including phenoxy) is 2. The highest BCUT2D eigenvalue weighted by Gasteiger charge is 2.29. The molecule has 2 rings (SSSR count). The number of carboxylic acid groups (broad SMARTS) is 4. The van der Waals surface area contributed by atoms with E-state index in [2.05, 4.69) is 20.6 Å². The minimum absolute atomic E-state index is 0.0162. The Bertz CT molecular complexity index is 1470. The van der Waals surface area contributed by atoms with E-state index in [1.54, 1.807) is 20.8 Å². The topological polar surface area (TPSA) is 269 Å². The predicted molar refractivity (Wildman–Crippen MR) is 159 cm³/mol. The SMILES string of the molecule is COC(=O)[C@H](CCCc1cc(C(=O)O)nc(C(=O)O)c1)NC(=O)[C@H](CCCc1cc(C(=O)O)nc(C(=O)O)c1)NC(=O)OC(C)(C)C. The molecule has 17 heteroatoms. The number of hydrogen-bond acceptors (Lipinski definition) is 11. The normalized spacial score (nSPS) is 12.3. The fourth-order valence-electron chi connectivity index (χ4n) is 4.30. The molecule has 254 valence electrons. The van der Waals surface area contributed by atoms with Crippen molar-refractivity contribution in [2.45, 2.75) is 77.0 Å². The van der Waals surface area contributed by atoms with E-state index in [9.17, 15) is 54.0 Å². The lowest BCUT2D eigenvalue weighted by molar-refractivity contribution is -0.145. The van der Waals surface area contributed by atoms with E-state index in [0.717, 1.165) is 7.11 Å². The van der Waals surface area contributed by atoms with Crippen molar-refractivity contribution in [2.75, 3.05) is 7.11 Å². The quantitative estimate of drug-likeness (QED) is 0.141. The van der Waals surface area contributed by atoms with Crippen molar-refractivity contribution < 1.29 is 63.5 Å². The molecule has 0 radical (unpaired) electrons. The third-order valence-electron chi connectivity index (χ3n) is 6.37. The number of alkyl carbamates (subject to hydrolysis) is 1. The van der Waals surface area contributed by atoms with Gasteiger partial charge in [-0.25, -0.2) is 38.7 Å². The van der Waals surface area contributed by atoms with Crippen LogP contribution in [0.2, 0.25) is 0 Å². The number of methoxy groups -OCH3 is 1. The first-order chi connectivity index (χ1) is 21.9. The number of esters is 1. The van der Waals surface area contributed by atoms with Gasteiger partial charge in [0, 0.05) is 0 Å². The smallest absolute Gasteiger partial charge is 0.408 e. The molecule has 47 heavy (non-hydrogen) atoms. The fraction of sp³-hybridized carbons (Fsp3) is 0.433. The number of carboxylic acids is 4. The van der Waals surface area contributed by atoms with Crippen LogP contribution in [-0.2, 0) is 31.9 Å². The maximum Gasteiger partial charge on any atom is 0.408 e. The van der Waals surface area contributed by atoms with Crippen molar-refractivity contribution in [1.29, 1.82) is 0 Å². The summed E-state index contributed by atoms with van der Waals surface area (Å²) in [5.74, 6) is -7.32. The maximum absolute atomic E-state index is 13.4. The number of pyridine rings is 2. The Morgan fingerprint density at radius 1 is 0.681 bits per heavy atom. The van der Waals surface area contributed by atoms with Crippen LogP contribution in [0.1, 0.15) is 99.5 Å². The van der Waals surface area contributed by atoms with Crippen LogP contribution in [0, 0.1) is 0 Å². The van der Waals surface area contributed by atoms with Crippen LogP contribution in [0.4, 0.5) is 4.79 Å². The van der Waals surface area contributed by atoms with Crippen LogP contribution < -0.4 is 10.6 Å². The lowest BCUT2D eigenvalue weighted by atomic mass is 10.0. The van der Waals surface area contributed by atoms with E-state index in [0.29, 0.717) is 11.1 Å².